The van der Waals surface area contributed by atoms with Crippen molar-refractivity contribution in [3.05, 3.63) is 95.7 Å². The van der Waals surface area contributed by atoms with E-state index in [1.807, 2.05) is 24.0 Å². The van der Waals surface area contributed by atoms with E-state index < -0.39 is 0 Å². The van der Waals surface area contributed by atoms with Crippen molar-refractivity contribution in [3.63, 3.8) is 0 Å². The van der Waals surface area contributed by atoms with Gasteiger partial charge in [0.15, 0.2) is 0 Å². The maximum atomic E-state index is 6.11. The molecular formula is C25H26N3S+. The van der Waals surface area contributed by atoms with Crippen LogP contribution in [0.2, 0.25) is 0 Å². The first-order valence-corrected chi connectivity index (χ1v) is 10.8. The zero-order valence-corrected chi connectivity index (χ0v) is 17.5. The van der Waals surface area contributed by atoms with Crippen LogP contribution in [0.5, 0.6) is 0 Å². The molecule has 0 spiro atoms. The molecule has 1 unspecified atom stereocenters. The Morgan fingerprint density at radius 1 is 1.03 bits per heavy atom. The standard InChI is InChI=1S/C25H26N3S/c1-28(16-14-27-18-22-9-5-6-10-24(22)28)15-13-21-17-23(26)11-12-25(21)29-19-20-7-3-2-4-8-20/h2-13,15,17-18H,14,16,19,26H2,1H3/q+1. The third kappa shape index (κ3) is 4.61. The topological polar surface area (TPSA) is 38.4 Å². The lowest BCUT2D eigenvalue weighted by atomic mass is 10.1. The quantitative estimate of drug-likeness (QED) is 0.344. The van der Waals surface area contributed by atoms with Gasteiger partial charge in [-0.05, 0) is 35.4 Å². The number of para-hydroxylation sites is 1. The van der Waals surface area contributed by atoms with Crippen molar-refractivity contribution < 1.29 is 0 Å². The monoisotopic (exact) mass is 400 g/mol. The molecule has 3 nitrogen and oxygen atoms in total. The summed E-state index contributed by atoms with van der Waals surface area (Å²) >= 11 is 1.85. The van der Waals surface area contributed by atoms with E-state index in [2.05, 4.69) is 91.0 Å². The summed E-state index contributed by atoms with van der Waals surface area (Å²) in [7, 11) is 2.24. The lowest BCUT2D eigenvalue weighted by Gasteiger charge is -2.29. The van der Waals surface area contributed by atoms with Gasteiger partial charge in [-0.3, -0.25) is 9.48 Å². The van der Waals surface area contributed by atoms with Gasteiger partial charge in [-0.2, -0.15) is 0 Å². The average Bonchev–Trinajstić information content (AvgIpc) is 2.92. The predicted octanol–water partition coefficient (Wildman–Crippen LogP) is 5.60. The molecule has 29 heavy (non-hydrogen) atoms. The third-order valence-corrected chi connectivity index (χ3v) is 6.43. The number of quaternary nitrogens is 1. The second kappa shape index (κ2) is 8.68. The Balaban J connectivity index is 1.62. The minimum atomic E-state index is 0.716. The Kier molecular flexibility index (Phi) is 5.84. The summed E-state index contributed by atoms with van der Waals surface area (Å²) in [6.07, 6.45) is 6.48. The lowest BCUT2D eigenvalue weighted by Crippen LogP contribution is -2.41. The SMILES string of the molecule is C[N+]1(C=Cc2cc(N)ccc2SCc2ccccc2)CCN=Cc2ccccc21. The number of aliphatic imine (C=N–C) groups is 1. The first-order chi connectivity index (χ1) is 14.1. The van der Waals surface area contributed by atoms with Crippen molar-refractivity contribution in [1.82, 2.24) is 4.48 Å². The normalized spacial score (nSPS) is 18.5. The highest BCUT2D eigenvalue weighted by Gasteiger charge is 2.26. The molecule has 1 aliphatic heterocycles. The number of fused-ring (bicyclic) bond motifs is 1. The number of hydrogen-bond donors (Lipinski definition) is 1. The number of nitrogen functional groups attached to an aromatic ring is 1. The van der Waals surface area contributed by atoms with Gasteiger partial charge in [0.2, 0.25) is 0 Å². The molecule has 0 amide bonds. The van der Waals surface area contributed by atoms with Crippen LogP contribution in [-0.2, 0) is 5.75 Å². The molecule has 2 N–H and O–H groups in total. The Labute approximate surface area is 177 Å². The van der Waals surface area contributed by atoms with Crippen LogP contribution in [0.25, 0.3) is 6.08 Å². The van der Waals surface area contributed by atoms with Crippen LogP contribution in [0.3, 0.4) is 0 Å². The largest absolute Gasteiger partial charge is 0.399 e. The van der Waals surface area contributed by atoms with E-state index in [0.717, 1.165) is 30.1 Å². The molecule has 0 saturated heterocycles. The Morgan fingerprint density at radius 2 is 1.83 bits per heavy atom. The third-order valence-electron chi connectivity index (χ3n) is 5.27. The number of rotatable bonds is 5. The maximum Gasteiger partial charge on any atom is 0.146 e. The van der Waals surface area contributed by atoms with Gasteiger partial charge in [-0.15, -0.1) is 11.8 Å². The summed E-state index contributed by atoms with van der Waals surface area (Å²) < 4.78 is 0.716. The molecule has 0 fully saturated rings. The average molecular weight is 401 g/mol. The minimum absolute atomic E-state index is 0.716. The number of thioether (sulfide) groups is 1. The second-order valence-corrected chi connectivity index (χ2v) is 8.49. The molecule has 1 atom stereocenters. The minimum Gasteiger partial charge on any atom is -0.399 e. The summed E-state index contributed by atoms with van der Waals surface area (Å²) in [5, 5.41) is 0. The number of likely N-dealkylation sites (N-methyl/N-ethyl adjacent to an activating group) is 1. The molecule has 1 aliphatic rings. The van der Waals surface area contributed by atoms with Crippen molar-refractivity contribution in [3.8, 4) is 0 Å². The summed E-state index contributed by atoms with van der Waals surface area (Å²) in [6, 6.07) is 25.2. The first-order valence-electron chi connectivity index (χ1n) is 9.84. The number of anilines is 1. The molecule has 146 valence electrons. The van der Waals surface area contributed by atoms with Gasteiger partial charge in [0.25, 0.3) is 0 Å². The number of nitrogens with two attached hydrogens (primary N) is 1. The molecule has 4 heteroatoms. The highest BCUT2D eigenvalue weighted by molar-refractivity contribution is 7.98. The van der Waals surface area contributed by atoms with Crippen LogP contribution in [0.4, 0.5) is 11.4 Å². The van der Waals surface area contributed by atoms with Crippen molar-refractivity contribution in [2.24, 2.45) is 4.99 Å². The molecule has 4 rings (SSSR count). The highest BCUT2D eigenvalue weighted by Crippen LogP contribution is 2.31. The zero-order chi connectivity index (χ0) is 20.1. The molecule has 0 radical (unpaired) electrons. The number of nitrogens with zero attached hydrogens (tertiary/aromatic N) is 2. The van der Waals surface area contributed by atoms with Gasteiger partial charge in [-0.1, -0.05) is 42.5 Å². The number of benzene rings is 3. The highest BCUT2D eigenvalue weighted by atomic mass is 32.2. The molecule has 0 bridgehead atoms. The van der Waals surface area contributed by atoms with Crippen molar-refractivity contribution in [2.75, 3.05) is 25.9 Å². The fraction of sp³-hybridized carbons (Fsp3) is 0.160. The summed E-state index contributed by atoms with van der Waals surface area (Å²) in [5.74, 6) is 0.939. The van der Waals surface area contributed by atoms with Crippen molar-refractivity contribution in [1.29, 1.82) is 0 Å². The van der Waals surface area contributed by atoms with Crippen molar-refractivity contribution >= 4 is 35.4 Å². The molecule has 0 aromatic heterocycles. The van der Waals surface area contributed by atoms with Gasteiger partial charge in [-0.25, -0.2) is 0 Å². The molecule has 0 aliphatic carbocycles. The number of hydrogen-bond acceptors (Lipinski definition) is 3. The Morgan fingerprint density at radius 3 is 2.69 bits per heavy atom. The molecule has 0 saturated carbocycles. The van der Waals surface area contributed by atoms with Gasteiger partial charge in [0, 0.05) is 34.7 Å². The van der Waals surface area contributed by atoms with Crippen LogP contribution >= 0.6 is 11.8 Å². The predicted molar refractivity (Wildman–Crippen MR) is 127 cm³/mol. The van der Waals surface area contributed by atoms with Gasteiger partial charge in [0.1, 0.15) is 18.4 Å². The summed E-state index contributed by atoms with van der Waals surface area (Å²) in [4.78, 5) is 5.80. The second-order valence-electron chi connectivity index (χ2n) is 7.47. The van der Waals surface area contributed by atoms with Crippen LogP contribution < -0.4 is 10.2 Å². The maximum absolute atomic E-state index is 6.11. The van der Waals surface area contributed by atoms with E-state index in [1.165, 1.54) is 21.7 Å². The molecule has 1 heterocycles. The zero-order valence-electron chi connectivity index (χ0n) is 16.7. The fourth-order valence-electron chi connectivity index (χ4n) is 3.57. The van der Waals surface area contributed by atoms with E-state index in [4.69, 9.17) is 5.73 Å². The summed E-state index contributed by atoms with van der Waals surface area (Å²) in [6.45, 7) is 1.74. The van der Waals surface area contributed by atoms with E-state index in [-0.39, 0.29) is 0 Å². The van der Waals surface area contributed by atoms with Crippen LogP contribution in [-0.4, -0.2) is 26.4 Å². The lowest BCUT2D eigenvalue weighted by molar-refractivity contribution is 0.459. The van der Waals surface area contributed by atoms with Gasteiger partial charge >= 0.3 is 0 Å². The van der Waals surface area contributed by atoms with Gasteiger partial charge < -0.3 is 5.73 Å². The van der Waals surface area contributed by atoms with E-state index in [0.29, 0.717) is 4.48 Å². The fourth-order valence-corrected chi connectivity index (χ4v) is 4.55. The summed E-state index contributed by atoms with van der Waals surface area (Å²) in [5.41, 5.74) is 11.8. The van der Waals surface area contributed by atoms with E-state index >= 15 is 0 Å². The Hall–Kier alpha value is -2.82. The Bertz CT molecular complexity index is 1040. The van der Waals surface area contributed by atoms with Crippen LogP contribution in [0.1, 0.15) is 16.7 Å². The van der Waals surface area contributed by atoms with Crippen LogP contribution in [0, 0.1) is 0 Å². The van der Waals surface area contributed by atoms with E-state index in [1.54, 1.807) is 0 Å². The van der Waals surface area contributed by atoms with Crippen molar-refractivity contribution in [2.45, 2.75) is 10.6 Å². The molecule has 3 aromatic rings. The molecular weight excluding hydrogens is 374 g/mol. The van der Waals surface area contributed by atoms with Crippen LogP contribution in [0.15, 0.2) is 88.9 Å². The smallest absolute Gasteiger partial charge is 0.146 e. The van der Waals surface area contributed by atoms with Gasteiger partial charge in [0.05, 0.1) is 19.2 Å². The molecule has 3 aromatic carbocycles. The van der Waals surface area contributed by atoms with E-state index in [9.17, 15) is 0 Å². The number of benzodiazepines with no additional fused rings is 1. The first kappa shape index (κ1) is 19.5.